The summed E-state index contributed by atoms with van der Waals surface area (Å²) in [4.78, 5) is 11.7. The predicted octanol–water partition coefficient (Wildman–Crippen LogP) is 2.12. The van der Waals surface area contributed by atoms with Gasteiger partial charge in [-0.1, -0.05) is 23.7 Å². The van der Waals surface area contributed by atoms with Crippen molar-refractivity contribution in [2.45, 2.75) is 38.8 Å². The van der Waals surface area contributed by atoms with Gasteiger partial charge in [0.1, 0.15) is 0 Å². The molecule has 17 heavy (non-hydrogen) atoms. The zero-order chi connectivity index (χ0) is 13.1. The lowest BCUT2D eigenvalue weighted by atomic mass is 10.0. The summed E-state index contributed by atoms with van der Waals surface area (Å²) in [6, 6.07) is 7.65. The first-order valence-corrected chi connectivity index (χ1v) is 6.01. The molecule has 0 saturated carbocycles. The number of hydrogen-bond acceptors (Lipinski definition) is 2. The molecule has 0 aliphatic carbocycles. The van der Waals surface area contributed by atoms with Crippen LogP contribution in [0.4, 0.5) is 0 Å². The highest BCUT2D eigenvalue weighted by molar-refractivity contribution is 6.30. The largest absolute Gasteiger partial charge is 0.352 e. The molecule has 1 aromatic rings. The minimum absolute atomic E-state index is 0.0313. The van der Waals surface area contributed by atoms with Gasteiger partial charge < -0.3 is 11.1 Å². The van der Waals surface area contributed by atoms with Crippen LogP contribution in [0.5, 0.6) is 0 Å². The Morgan fingerprint density at radius 3 is 2.71 bits per heavy atom. The van der Waals surface area contributed by atoms with E-state index >= 15 is 0 Å². The standard InChI is InChI=1S/C13H19ClN2O/c1-9(16-12(17)13(2,3)15)7-10-5-4-6-11(14)8-10/h4-6,8-9H,7,15H2,1-3H3,(H,16,17). The smallest absolute Gasteiger partial charge is 0.239 e. The van der Waals surface area contributed by atoms with E-state index in [0.717, 1.165) is 12.0 Å². The van der Waals surface area contributed by atoms with Gasteiger partial charge in [-0.3, -0.25) is 4.79 Å². The number of nitrogens with one attached hydrogen (secondary N) is 1. The van der Waals surface area contributed by atoms with Crippen molar-refractivity contribution in [1.29, 1.82) is 0 Å². The second-order valence-corrected chi connectivity index (χ2v) is 5.37. The summed E-state index contributed by atoms with van der Waals surface area (Å²) in [6.07, 6.45) is 0.738. The molecule has 1 rings (SSSR count). The zero-order valence-electron chi connectivity index (χ0n) is 10.5. The third-order valence-electron chi connectivity index (χ3n) is 2.39. The van der Waals surface area contributed by atoms with Crippen LogP contribution in [0.2, 0.25) is 5.02 Å². The Morgan fingerprint density at radius 2 is 2.18 bits per heavy atom. The van der Waals surface area contributed by atoms with E-state index in [1.807, 2.05) is 31.2 Å². The number of hydrogen-bond donors (Lipinski definition) is 2. The molecule has 94 valence electrons. The van der Waals surface area contributed by atoms with Gasteiger partial charge in [-0.25, -0.2) is 0 Å². The third kappa shape index (κ3) is 4.75. The molecule has 4 heteroatoms. The van der Waals surface area contributed by atoms with Gasteiger partial charge in [0, 0.05) is 11.1 Å². The Kier molecular flexibility index (Phi) is 4.54. The topological polar surface area (TPSA) is 55.1 Å². The van der Waals surface area contributed by atoms with Crippen molar-refractivity contribution in [3.8, 4) is 0 Å². The van der Waals surface area contributed by atoms with Crippen molar-refractivity contribution in [3.63, 3.8) is 0 Å². The van der Waals surface area contributed by atoms with Crippen molar-refractivity contribution in [2.24, 2.45) is 5.73 Å². The van der Waals surface area contributed by atoms with Gasteiger partial charge in [-0.2, -0.15) is 0 Å². The average Bonchev–Trinajstić information content (AvgIpc) is 2.15. The molecule has 0 saturated heterocycles. The number of nitrogens with two attached hydrogens (primary N) is 1. The second kappa shape index (κ2) is 5.52. The van der Waals surface area contributed by atoms with Crippen LogP contribution in [0.25, 0.3) is 0 Å². The summed E-state index contributed by atoms with van der Waals surface area (Å²) in [5.74, 6) is -0.146. The maximum atomic E-state index is 11.7. The van der Waals surface area contributed by atoms with Crippen LogP contribution in [-0.4, -0.2) is 17.5 Å². The Bertz CT molecular complexity index is 399. The van der Waals surface area contributed by atoms with E-state index in [9.17, 15) is 4.79 Å². The van der Waals surface area contributed by atoms with Crippen molar-refractivity contribution in [1.82, 2.24) is 5.32 Å². The molecule has 1 atom stereocenters. The molecule has 0 fully saturated rings. The van der Waals surface area contributed by atoms with Gasteiger partial charge >= 0.3 is 0 Å². The van der Waals surface area contributed by atoms with Gasteiger partial charge in [0.15, 0.2) is 0 Å². The molecule has 0 aliphatic rings. The van der Waals surface area contributed by atoms with Crippen molar-refractivity contribution >= 4 is 17.5 Å². The SMILES string of the molecule is CC(Cc1cccc(Cl)c1)NC(=O)C(C)(C)N. The molecule has 0 heterocycles. The highest BCUT2D eigenvalue weighted by Crippen LogP contribution is 2.12. The van der Waals surface area contributed by atoms with Gasteiger partial charge in [0.2, 0.25) is 5.91 Å². The number of rotatable bonds is 4. The summed E-state index contributed by atoms with van der Waals surface area (Å²) >= 11 is 5.90. The molecule has 1 aromatic carbocycles. The van der Waals surface area contributed by atoms with E-state index in [0.29, 0.717) is 5.02 Å². The minimum atomic E-state index is -0.845. The van der Waals surface area contributed by atoms with Crippen LogP contribution in [0.15, 0.2) is 24.3 Å². The number of carbonyl (C=O) groups excluding carboxylic acids is 1. The number of halogens is 1. The summed E-state index contributed by atoms with van der Waals surface area (Å²) in [7, 11) is 0. The molecule has 1 unspecified atom stereocenters. The minimum Gasteiger partial charge on any atom is -0.352 e. The monoisotopic (exact) mass is 254 g/mol. The van der Waals surface area contributed by atoms with Crippen LogP contribution < -0.4 is 11.1 Å². The quantitative estimate of drug-likeness (QED) is 0.865. The number of carbonyl (C=O) groups is 1. The van der Waals surface area contributed by atoms with E-state index in [4.69, 9.17) is 17.3 Å². The predicted molar refractivity (Wildman–Crippen MR) is 71.0 cm³/mol. The van der Waals surface area contributed by atoms with Crippen molar-refractivity contribution in [2.75, 3.05) is 0 Å². The van der Waals surface area contributed by atoms with Gasteiger partial charge in [-0.05, 0) is 44.9 Å². The molecule has 1 amide bonds. The Hall–Kier alpha value is -1.06. The average molecular weight is 255 g/mol. The molecule has 0 bridgehead atoms. The van der Waals surface area contributed by atoms with Crippen LogP contribution >= 0.6 is 11.6 Å². The highest BCUT2D eigenvalue weighted by atomic mass is 35.5. The lowest BCUT2D eigenvalue weighted by Crippen LogP contribution is -2.51. The molecule has 0 radical (unpaired) electrons. The lowest BCUT2D eigenvalue weighted by Gasteiger charge is -2.22. The van der Waals surface area contributed by atoms with E-state index < -0.39 is 5.54 Å². The number of benzene rings is 1. The first-order chi connectivity index (χ1) is 7.79. The summed E-state index contributed by atoms with van der Waals surface area (Å²) in [5, 5.41) is 3.59. The van der Waals surface area contributed by atoms with Crippen LogP contribution in [0.1, 0.15) is 26.3 Å². The second-order valence-electron chi connectivity index (χ2n) is 4.93. The summed E-state index contributed by atoms with van der Waals surface area (Å²) in [5.41, 5.74) is 5.96. The van der Waals surface area contributed by atoms with Crippen molar-refractivity contribution in [3.05, 3.63) is 34.9 Å². The fraction of sp³-hybridized carbons (Fsp3) is 0.462. The van der Waals surface area contributed by atoms with Crippen LogP contribution in [0, 0.1) is 0 Å². The van der Waals surface area contributed by atoms with E-state index in [1.54, 1.807) is 13.8 Å². The summed E-state index contributed by atoms with van der Waals surface area (Å²) in [6.45, 7) is 5.33. The lowest BCUT2D eigenvalue weighted by molar-refractivity contribution is -0.125. The van der Waals surface area contributed by atoms with Crippen LogP contribution in [-0.2, 0) is 11.2 Å². The fourth-order valence-electron chi connectivity index (χ4n) is 1.48. The Labute approximate surface area is 107 Å². The molecule has 3 nitrogen and oxygen atoms in total. The molecule has 0 aliphatic heterocycles. The summed E-state index contributed by atoms with van der Waals surface area (Å²) < 4.78 is 0. The zero-order valence-corrected chi connectivity index (χ0v) is 11.2. The highest BCUT2D eigenvalue weighted by Gasteiger charge is 2.23. The van der Waals surface area contributed by atoms with E-state index in [1.165, 1.54) is 0 Å². The Balaban J connectivity index is 2.56. The molecule has 0 aromatic heterocycles. The van der Waals surface area contributed by atoms with Crippen LogP contribution in [0.3, 0.4) is 0 Å². The molecule has 0 spiro atoms. The van der Waals surface area contributed by atoms with Gasteiger partial charge in [-0.15, -0.1) is 0 Å². The first kappa shape index (κ1) is 14.0. The fourth-order valence-corrected chi connectivity index (χ4v) is 1.69. The Morgan fingerprint density at radius 1 is 1.53 bits per heavy atom. The molecular formula is C13H19ClN2O. The maximum Gasteiger partial charge on any atom is 0.239 e. The first-order valence-electron chi connectivity index (χ1n) is 5.63. The molecular weight excluding hydrogens is 236 g/mol. The van der Waals surface area contributed by atoms with E-state index in [-0.39, 0.29) is 11.9 Å². The normalized spacial score (nSPS) is 13.2. The van der Waals surface area contributed by atoms with Crippen molar-refractivity contribution < 1.29 is 4.79 Å². The third-order valence-corrected chi connectivity index (χ3v) is 2.63. The maximum absolute atomic E-state index is 11.7. The number of amides is 1. The van der Waals surface area contributed by atoms with Gasteiger partial charge in [0.05, 0.1) is 5.54 Å². The van der Waals surface area contributed by atoms with E-state index in [2.05, 4.69) is 5.32 Å². The van der Waals surface area contributed by atoms with Gasteiger partial charge in [0.25, 0.3) is 0 Å². The molecule has 3 N–H and O–H groups in total.